The van der Waals surface area contributed by atoms with E-state index < -0.39 is 5.72 Å². The van der Waals surface area contributed by atoms with Gasteiger partial charge in [-0.05, 0) is 42.4 Å². The average Bonchev–Trinajstić information content (AvgIpc) is 2.91. The number of aliphatic hydroxyl groups is 1. The zero-order chi connectivity index (χ0) is 15.9. The minimum Gasteiger partial charge on any atom is -0.346 e. The molecule has 2 aromatic rings. The highest BCUT2D eigenvalue weighted by atomic mass is 35.5. The van der Waals surface area contributed by atoms with Crippen molar-refractivity contribution >= 4 is 34.2 Å². The highest BCUT2D eigenvalue weighted by Gasteiger charge is 2.53. The Balaban J connectivity index is 1.79. The molecule has 0 spiro atoms. The van der Waals surface area contributed by atoms with Crippen molar-refractivity contribution in [2.24, 2.45) is 0 Å². The van der Waals surface area contributed by atoms with Crippen molar-refractivity contribution in [1.82, 2.24) is 0 Å². The quantitative estimate of drug-likeness (QED) is 0.844. The summed E-state index contributed by atoms with van der Waals surface area (Å²) in [6, 6.07) is 17.8. The number of benzene rings is 2. The summed E-state index contributed by atoms with van der Waals surface area (Å²) in [4.78, 5) is 2.20. The fraction of sp³-hybridized carbons (Fsp3) is 0.278. The van der Waals surface area contributed by atoms with Crippen molar-refractivity contribution in [2.45, 2.75) is 12.1 Å². The van der Waals surface area contributed by atoms with Gasteiger partial charge in [0.15, 0.2) is 6.54 Å². The van der Waals surface area contributed by atoms with Crippen molar-refractivity contribution in [2.75, 3.05) is 23.7 Å². The molecule has 0 aromatic heterocycles. The van der Waals surface area contributed by atoms with Crippen LogP contribution in [0.2, 0.25) is 5.02 Å². The molecule has 2 aromatic carbocycles. The van der Waals surface area contributed by atoms with Crippen LogP contribution < -0.4 is 4.90 Å². The van der Waals surface area contributed by atoms with E-state index in [2.05, 4.69) is 9.48 Å². The second kappa shape index (κ2) is 5.86. The number of hydrogen-bond acceptors (Lipinski definition) is 3. The zero-order valence-corrected chi connectivity index (χ0v) is 14.2. The number of thioether (sulfide) groups is 1. The number of nitrogens with zero attached hydrogens (tertiary/aromatic N) is 2. The van der Waals surface area contributed by atoms with E-state index in [1.807, 2.05) is 66.4 Å². The monoisotopic (exact) mass is 345 g/mol. The van der Waals surface area contributed by atoms with Crippen LogP contribution >= 0.6 is 23.4 Å². The third-order valence-electron chi connectivity index (χ3n) is 4.42. The minimum absolute atomic E-state index is 0.529. The molecule has 1 atom stereocenters. The van der Waals surface area contributed by atoms with Crippen LogP contribution in [0.15, 0.2) is 54.6 Å². The molecule has 0 aliphatic carbocycles. The van der Waals surface area contributed by atoms with Gasteiger partial charge in [-0.25, -0.2) is 9.48 Å². The van der Waals surface area contributed by atoms with Crippen molar-refractivity contribution in [3.63, 3.8) is 0 Å². The van der Waals surface area contributed by atoms with Crippen LogP contribution in [-0.4, -0.2) is 33.7 Å². The fourth-order valence-electron chi connectivity index (χ4n) is 3.27. The van der Waals surface area contributed by atoms with Gasteiger partial charge in [-0.15, -0.1) is 0 Å². The van der Waals surface area contributed by atoms with Gasteiger partial charge in [-0.1, -0.05) is 41.9 Å². The first-order valence-corrected chi connectivity index (χ1v) is 9.13. The molecule has 0 saturated carbocycles. The molecular formula is C18H18ClN2OS+. The maximum absolute atomic E-state index is 11.5. The highest BCUT2D eigenvalue weighted by Crippen LogP contribution is 2.37. The summed E-state index contributed by atoms with van der Waals surface area (Å²) in [7, 11) is 0. The number of β-amino-alcohol motifs (C(OH)–C–C–N with tert-alkyl or cyclic N) is 1. The van der Waals surface area contributed by atoms with E-state index in [1.165, 1.54) is 0 Å². The molecule has 3 nitrogen and oxygen atoms in total. The van der Waals surface area contributed by atoms with Gasteiger partial charge < -0.3 is 5.11 Å². The zero-order valence-electron chi connectivity index (χ0n) is 12.7. The van der Waals surface area contributed by atoms with E-state index in [-0.39, 0.29) is 0 Å². The van der Waals surface area contributed by atoms with E-state index >= 15 is 0 Å². The number of anilines is 1. The van der Waals surface area contributed by atoms with Crippen molar-refractivity contribution in [1.29, 1.82) is 0 Å². The Kier molecular flexibility index (Phi) is 3.84. The number of halogens is 1. The standard InChI is InChI=1S/C18H18ClN2OS/c19-15-7-9-16(10-8-15)20-13-18(22,14-5-2-1-3-6-14)21-11-4-12-23-17(20)21/h1-3,5-10,22H,4,11-13H2/q+1/t18-/m0/s1. The van der Waals surface area contributed by atoms with Gasteiger partial charge in [0.25, 0.3) is 5.72 Å². The summed E-state index contributed by atoms with van der Waals surface area (Å²) in [6.45, 7) is 1.40. The first-order chi connectivity index (χ1) is 11.2. The summed E-state index contributed by atoms with van der Waals surface area (Å²) >= 11 is 7.83. The molecular weight excluding hydrogens is 328 g/mol. The molecule has 0 fully saturated rings. The number of rotatable bonds is 2. The molecule has 2 aliphatic heterocycles. The lowest BCUT2D eigenvalue weighted by Crippen LogP contribution is -2.41. The van der Waals surface area contributed by atoms with Gasteiger partial charge in [0.1, 0.15) is 5.69 Å². The summed E-state index contributed by atoms with van der Waals surface area (Å²) < 4.78 is 2.14. The molecule has 1 N–H and O–H groups in total. The third-order valence-corrected chi connectivity index (χ3v) is 5.86. The lowest BCUT2D eigenvalue weighted by molar-refractivity contribution is -0.656. The average molecular weight is 346 g/mol. The Morgan fingerprint density at radius 2 is 1.83 bits per heavy atom. The first-order valence-electron chi connectivity index (χ1n) is 7.77. The van der Waals surface area contributed by atoms with Gasteiger partial charge in [-0.3, -0.25) is 0 Å². The summed E-state index contributed by atoms with van der Waals surface area (Å²) in [6.07, 6.45) is 1.08. The fourth-order valence-corrected chi connectivity index (χ4v) is 4.58. The molecule has 0 radical (unpaired) electrons. The summed E-state index contributed by atoms with van der Waals surface area (Å²) in [5.74, 6) is 1.08. The van der Waals surface area contributed by atoms with Crippen molar-refractivity contribution < 1.29 is 9.68 Å². The van der Waals surface area contributed by atoms with Crippen molar-refractivity contribution in [3.8, 4) is 0 Å². The summed E-state index contributed by atoms with van der Waals surface area (Å²) in [5.41, 5.74) is 1.02. The molecule has 4 rings (SSSR count). The van der Waals surface area contributed by atoms with E-state index in [4.69, 9.17) is 11.6 Å². The Hall–Kier alpha value is -1.49. The van der Waals surface area contributed by atoms with Crippen molar-refractivity contribution in [3.05, 3.63) is 65.2 Å². The van der Waals surface area contributed by atoms with Crippen LogP contribution in [0.25, 0.3) is 0 Å². The maximum atomic E-state index is 11.5. The van der Waals surface area contributed by atoms with E-state index in [0.717, 1.165) is 40.2 Å². The molecule has 2 heterocycles. The Bertz CT molecular complexity index is 747. The molecule has 118 valence electrons. The largest absolute Gasteiger partial charge is 0.346 e. The highest BCUT2D eigenvalue weighted by molar-refractivity contribution is 8.13. The maximum Gasteiger partial charge on any atom is 0.316 e. The molecule has 2 aliphatic rings. The predicted octanol–water partition coefficient (Wildman–Crippen LogP) is 3.51. The smallest absolute Gasteiger partial charge is 0.316 e. The molecule has 5 heteroatoms. The van der Waals surface area contributed by atoms with Gasteiger partial charge >= 0.3 is 5.17 Å². The third kappa shape index (κ3) is 2.55. The normalized spacial score (nSPS) is 24.0. The molecule has 0 amide bonds. The lowest BCUT2D eigenvalue weighted by atomic mass is 10.0. The second-order valence-electron chi connectivity index (χ2n) is 5.88. The lowest BCUT2D eigenvalue weighted by Gasteiger charge is -2.24. The SMILES string of the molecule is O[C@]1(c2ccccc2)CN(c2ccc(Cl)cc2)C2=[N+]1CCCS2. The number of hydrogen-bond donors (Lipinski definition) is 1. The van der Waals surface area contributed by atoms with Crippen LogP contribution in [0.5, 0.6) is 0 Å². The van der Waals surface area contributed by atoms with Crippen LogP contribution in [0.3, 0.4) is 0 Å². The Morgan fingerprint density at radius 1 is 1.09 bits per heavy atom. The Labute approximate surface area is 145 Å². The van der Waals surface area contributed by atoms with Crippen LogP contribution in [0.1, 0.15) is 12.0 Å². The van der Waals surface area contributed by atoms with Crippen LogP contribution in [-0.2, 0) is 5.72 Å². The van der Waals surface area contributed by atoms with Gasteiger partial charge in [0.2, 0.25) is 0 Å². The minimum atomic E-state index is -0.982. The molecule has 0 bridgehead atoms. The van der Waals surface area contributed by atoms with E-state index in [1.54, 1.807) is 0 Å². The number of amidine groups is 1. The Morgan fingerprint density at radius 3 is 2.57 bits per heavy atom. The molecule has 23 heavy (non-hydrogen) atoms. The van der Waals surface area contributed by atoms with Gasteiger partial charge in [0.05, 0.1) is 6.54 Å². The van der Waals surface area contributed by atoms with Crippen LogP contribution in [0, 0.1) is 0 Å². The van der Waals surface area contributed by atoms with Gasteiger partial charge in [0, 0.05) is 16.3 Å². The first kappa shape index (κ1) is 15.1. The second-order valence-corrected chi connectivity index (χ2v) is 7.38. The molecule has 0 saturated heterocycles. The summed E-state index contributed by atoms with van der Waals surface area (Å²) in [5, 5.41) is 13.3. The van der Waals surface area contributed by atoms with E-state index in [0.29, 0.717) is 6.54 Å². The topological polar surface area (TPSA) is 26.5 Å². The van der Waals surface area contributed by atoms with Crippen LogP contribution in [0.4, 0.5) is 5.69 Å². The van der Waals surface area contributed by atoms with E-state index in [9.17, 15) is 5.11 Å². The molecule has 0 unspecified atom stereocenters. The van der Waals surface area contributed by atoms with Gasteiger partial charge in [-0.2, -0.15) is 0 Å². The predicted molar refractivity (Wildman–Crippen MR) is 96.3 cm³/mol.